The molecule has 0 aliphatic heterocycles. The van der Waals surface area contributed by atoms with Crippen molar-refractivity contribution >= 4 is 0 Å². The minimum absolute atomic E-state index is 0.604. The quantitative estimate of drug-likeness (QED) is 0.681. The van der Waals surface area contributed by atoms with Crippen LogP contribution < -0.4 is 0 Å². The summed E-state index contributed by atoms with van der Waals surface area (Å²) in [5.74, 6) is 0. The van der Waals surface area contributed by atoms with Gasteiger partial charge in [-0.05, 0) is 31.3 Å². The monoisotopic (exact) mass is 165 g/mol. The van der Waals surface area contributed by atoms with Gasteiger partial charge in [0.05, 0.1) is 5.60 Å². The van der Waals surface area contributed by atoms with Crippen molar-refractivity contribution < 1.29 is 5.11 Å². The summed E-state index contributed by atoms with van der Waals surface area (Å²) in [7, 11) is 0. The van der Waals surface area contributed by atoms with E-state index in [0.717, 1.165) is 24.8 Å². The maximum Gasteiger partial charge on any atom is 0.0888 e. The molecule has 0 amide bonds. The molecule has 0 bridgehead atoms. The topological polar surface area (TPSA) is 20.2 Å². The zero-order chi connectivity index (χ0) is 9.03. The van der Waals surface area contributed by atoms with Crippen molar-refractivity contribution in [2.45, 2.75) is 38.7 Å². The Morgan fingerprint density at radius 2 is 2.08 bits per heavy atom. The highest BCUT2D eigenvalue weighted by molar-refractivity contribution is 5.34. The molecular weight excluding hydrogens is 148 g/mol. The Kier molecular flexibility index (Phi) is 3.10. The predicted octanol–water partition coefficient (Wildman–Crippen LogP) is 2.63. The van der Waals surface area contributed by atoms with Gasteiger partial charge in [-0.3, -0.25) is 0 Å². The smallest absolute Gasteiger partial charge is 0.0888 e. The van der Waals surface area contributed by atoms with Crippen LogP contribution in [0.1, 0.15) is 33.1 Å². The summed E-state index contributed by atoms with van der Waals surface area (Å²) >= 11 is 0. The summed E-state index contributed by atoms with van der Waals surface area (Å²) in [6.45, 7) is 4.04. The zero-order valence-electron chi connectivity index (χ0n) is 7.88. The van der Waals surface area contributed by atoms with Crippen LogP contribution in [0.4, 0.5) is 0 Å². The maximum atomic E-state index is 10.1. The molecule has 0 atom stereocenters. The summed E-state index contributed by atoms with van der Waals surface area (Å²) in [6, 6.07) is 0. The molecule has 12 heavy (non-hydrogen) atoms. The van der Waals surface area contributed by atoms with E-state index in [1.54, 1.807) is 0 Å². The molecular formula is C11H17O. The van der Waals surface area contributed by atoms with Crippen LogP contribution in [-0.2, 0) is 0 Å². The second-order valence-electron chi connectivity index (χ2n) is 3.23. The number of allylic oxidation sites excluding steroid dienone is 2. The number of aliphatic hydroxyl groups is 1. The van der Waals surface area contributed by atoms with Crippen molar-refractivity contribution in [1.82, 2.24) is 0 Å². The molecule has 1 aliphatic carbocycles. The largest absolute Gasteiger partial charge is 0.385 e. The first kappa shape index (κ1) is 9.53. The third-order valence-electron chi connectivity index (χ3n) is 2.57. The minimum atomic E-state index is -0.604. The van der Waals surface area contributed by atoms with Gasteiger partial charge in [0, 0.05) is 0 Å². The van der Waals surface area contributed by atoms with E-state index in [1.165, 1.54) is 0 Å². The standard InChI is InChI=1S/C11H17O/c1-3-11(12,4-2)10-8-6-5-7-9-10/h6-9,12H,3-5H2,1-2H3. The fourth-order valence-corrected chi connectivity index (χ4v) is 1.49. The van der Waals surface area contributed by atoms with Crippen LogP contribution in [0.15, 0.2) is 23.8 Å². The van der Waals surface area contributed by atoms with Crippen LogP contribution in [0, 0.1) is 6.42 Å². The molecule has 0 aromatic carbocycles. The Morgan fingerprint density at radius 1 is 1.42 bits per heavy atom. The Morgan fingerprint density at radius 3 is 2.50 bits per heavy atom. The number of hydrogen-bond acceptors (Lipinski definition) is 1. The average molecular weight is 165 g/mol. The lowest BCUT2D eigenvalue weighted by molar-refractivity contribution is 0.0735. The van der Waals surface area contributed by atoms with Crippen molar-refractivity contribution in [3.8, 4) is 0 Å². The van der Waals surface area contributed by atoms with Crippen LogP contribution >= 0.6 is 0 Å². The van der Waals surface area contributed by atoms with E-state index in [1.807, 2.05) is 26.0 Å². The van der Waals surface area contributed by atoms with Crippen LogP contribution in [0.5, 0.6) is 0 Å². The Labute approximate surface area is 74.8 Å². The minimum Gasteiger partial charge on any atom is -0.385 e. The third-order valence-corrected chi connectivity index (χ3v) is 2.57. The molecule has 0 aromatic rings. The van der Waals surface area contributed by atoms with Crippen LogP contribution in [0.2, 0.25) is 0 Å². The lowest BCUT2D eigenvalue weighted by atomic mass is 9.85. The first-order valence-corrected chi connectivity index (χ1v) is 4.66. The van der Waals surface area contributed by atoms with Gasteiger partial charge in [0.1, 0.15) is 0 Å². The summed E-state index contributed by atoms with van der Waals surface area (Å²) in [5.41, 5.74) is 0.451. The number of rotatable bonds is 3. The van der Waals surface area contributed by atoms with Gasteiger partial charge in [-0.15, -0.1) is 0 Å². The van der Waals surface area contributed by atoms with Crippen molar-refractivity contribution in [3.05, 3.63) is 30.2 Å². The summed E-state index contributed by atoms with van der Waals surface area (Å²) < 4.78 is 0. The summed E-state index contributed by atoms with van der Waals surface area (Å²) in [4.78, 5) is 0. The molecule has 0 fully saturated rings. The molecule has 0 saturated carbocycles. The van der Waals surface area contributed by atoms with Gasteiger partial charge in [-0.1, -0.05) is 32.1 Å². The molecule has 0 aromatic heterocycles. The average Bonchev–Trinajstić information content (AvgIpc) is 2.18. The first-order valence-electron chi connectivity index (χ1n) is 4.66. The van der Waals surface area contributed by atoms with Crippen molar-refractivity contribution in [3.63, 3.8) is 0 Å². The van der Waals surface area contributed by atoms with E-state index in [4.69, 9.17) is 0 Å². The van der Waals surface area contributed by atoms with Gasteiger partial charge >= 0.3 is 0 Å². The highest BCUT2D eigenvalue weighted by Gasteiger charge is 2.25. The third kappa shape index (κ3) is 1.78. The summed E-state index contributed by atoms with van der Waals surface area (Å²) in [5, 5.41) is 10.1. The summed E-state index contributed by atoms with van der Waals surface area (Å²) in [6.07, 6.45) is 10.8. The predicted molar refractivity (Wildman–Crippen MR) is 51.7 cm³/mol. The second kappa shape index (κ2) is 3.90. The second-order valence-corrected chi connectivity index (χ2v) is 3.23. The molecule has 1 N–H and O–H groups in total. The molecule has 0 heterocycles. The van der Waals surface area contributed by atoms with Crippen molar-refractivity contribution in [2.24, 2.45) is 0 Å². The van der Waals surface area contributed by atoms with Gasteiger partial charge < -0.3 is 5.11 Å². The van der Waals surface area contributed by atoms with Crippen molar-refractivity contribution in [1.29, 1.82) is 0 Å². The Balaban J connectivity index is 2.78. The van der Waals surface area contributed by atoms with Gasteiger partial charge in [0.15, 0.2) is 0 Å². The van der Waals surface area contributed by atoms with Crippen molar-refractivity contribution in [2.75, 3.05) is 0 Å². The molecule has 67 valence electrons. The molecule has 0 unspecified atom stereocenters. The van der Waals surface area contributed by atoms with Gasteiger partial charge in [-0.25, -0.2) is 0 Å². The molecule has 0 saturated heterocycles. The number of hydrogen-bond donors (Lipinski definition) is 1. The van der Waals surface area contributed by atoms with Crippen LogP contribution in [-0.4, -0.2) is 10.7 Å². The fraction of sp³-hybridized carbons (Fsp3) is 0.545. The Bertz CT molecular complexity index is 197. The lowest BCUT2D eigenvalue weighted by Crippen LogP contribution is -2.29. The Hall–Kier alpha value is -0.560. The van der Waals surface area contributed by atoms with Crippen LogP contribution in [0.3, 0.4) is 0 Å². The van der Waals surface area contributed by atoms with Gasteiger partial charge in [-0.2, -0.15) is 0 Å². The molecule has 0 spiro atoms. The SMILES string of the molecule is CCC(O)(CC)C1=C[CH]CC=C1. The highest BCUT2D eigenvalue weighted by atomic mass is 16.3. The molecule has 1 aliphatic rings. The fourth-order valence-electron chi connectivity index (χ4n) is 1.49. The van der Waals surface area contributed by atoms with E-state index in [9.17, 15) is 5.11 Å². The first-order chi connectivity index (χ1) is 5.73. The van der Waals surface area contributed by atoms with E-state index in [0.29, 0.717) is 0 Å². The van der Waals surface area contributed by atoms with E-state index < -0.39 is 5.60 Å². The lowest BCUT2D eigenvalue weighted by Gasteiger charge is -2.28. The van der Waals surface area contributed by atoms with Gasteiger partial charge in [0.2, 0.25) is 0 Å². The molecule has 1 radical (unpaired) electrons. The highest BCUT2D eigenvalue weighted by Crippen LogP contribution is 2.28. The molecule has 1 heteroatoms. The molecule has 1 nitrogen and oxygen atoms in total. The van der Waals surface area contributed by atoms with E-state index in [2.05, 4.69) is 12.5 Å². The van der Waals surface area contributed by atoms with E-state index >= 15 is 0 Å². The molecule has 1 rings (SSSR count). The normalized spacial score (nSPS) is 17.8. The zero-order valence-corrected chi connectivity index (χ0v) is 7.88. The van der Waals surface area contributed by atoms with Crippen LogP contribution in [0.25, 0.3) is 0 Å². The maximum absolute atomic E-state index is 10.1. The van der Waals surface area contributed by atoms with E-state index in [-0.39, 0.29) is 0 Å². The van der Waals surface area contributed by atoms with Gasteiger partial charge in [0.25, 0.3) is 0 Å².